The summed E-state index contributed by atoms with van der Waals surface area (Å²) in [5.74, 6) is -0.343. The molecule has 0 aromatic heterocycles. The predicted molar refractivity (Wildman–Crippen MR) is 152 cm³/mol. The van der Waals surface area contributed by atoms with E-state index in [0.29, 0.717) is 31.9 Å². The smallest absolute Gasteiger partial charge is 0.369 e. The van der Waals surface area contributed by atoms with Crippen LogP contribution in [0.4, 0.5) is 18.9 Å². The van der Waals surface area contributed by atoms with Gasteiger partial charge in [-0.25, -0.2) is 9.13 Å². The van der Waals surface area contributed by atoms with Crippen molar-refractivity contribution in [3.8, 4) is 0 Å². The minimum atomic E-state index is -4.64. The molecule has 19 heteroatoms. The highest BCUT2D eigenvalue weighted by Crippen LogP contribution is 2.32. The zero-order valence-corrected chi connectivity index (χ0v) is 25.2. The van der Waals surface area contributed by atoms with Crippen LogP contribution in [0.5, 0.6) is 0 Å². The van der Waals surface area contributed by atoms with E-state index in [1.54, 1.807) is 6.07 Å². The fourth-order valence-corrected chi connectivity index (χ4v) is 4.48. The minimum Gasteiger partial charge on any atom is -0.369 e. The number of piperazine rings is 2. The Hall–Kier alpha value is -2.69. The van der Waals surface area contributed by atoms with Crippen LogP contribution in [-0.4, -0.2) is 108 Å². The first-order valence-electron chi connectivity index (χ1n) is 13.1. The normalized spacial score (nSPS) is 17.0. The molecule has 2 aliphatic rings. The molecule has 2 aromatic rings. The average Bonchev–Trinajstić information content (AvgIpc) is 2.90. The molecule has 0 saturated carbocycles. The van der Waals surface area contributed by atoms with Crippen molar-refractivity contribution in [3.63, 3.8) is 0 Å². The number of carbonyl (C=O) groups is 2. The lowest BCUT2D eigenvalue weighted by Gasteiger charge is -2.37. The Morgan fingerprint density at radius 3 is 1.70 bits per heavy atom. The van der Waals surface area contributed by atoms with E-state index in [0.717, 1.165) is 37.7 Å². The molecule has 4 rings (SSSR count). The van der Waals surface area contributed by atoms with Crippen LogP contribution in [0.25, 0.3) is 0 Å². The number of nitrogens with zero attached hydrogens (tertiary/aromatic N) is 4. The first-order chi connectivity index (χ1) is 20.3. The zero-order chi connectivity index (χ0) is 33.1. The number of carbonyl (C=O) groups excluding carboxylic acids is 2. The van der Waals surface area contributed by atoms with Crippen molar-refractivity contribution in [2.75, 3.05) is 57.3 Å². The maximum atomic E-state index is 13.0. The van der Waals surface area contributed by atoms with Gasteiger partial charge in [0.05, 0.1) is 25.2 Å². The van der Waals surface area contributed by atoms with Crippen molar-refractivity contribution in [1.29, 1.82) is 0 Å². The molecule has 14 nitrogen and oxygen atoms in total. The van der Waals surface area contributed by atoms with E-state index < -0.39 is 27.4 Å². The van der Waals surface area contributed by atoms with E-state index in [2.05, 4.69) is 4.90 Å². The van der Waals surface area contributed by atoms with Crippen molar-refractivity contribution in [1.82, 2.24) is 14.7 Å². The summed E-state index contributed by atoms with van der Waals surface area (Å²) in [5.41, 5.74) is 0.905. The molecular weight excluding hydrogens is 635 g/mol. The minimum absolute atomic E-state index is 0.171. The molecule has 2 aromatic carbocycles. The number of benzene rings is 2. The third-order valence-corrected chi connectivity index (χ3v) is 6.36. The molecule has 246 valence electrons. The Morgan fingerprint density at radius 1 is 0.705 bits per heavy atom. The van der Waals surface area contributed by atoms with E-state index >= 15 is 0 Å². The Kier molecular flexibility index (Phi) is 14.1. The first-order valence-corrected chi connectivity index (χ1v) is 16.2. The lowest BCUT2D eigenvalue weighted by atomic mass is 10.1. The molecule has 2 fully saturated rings. The van der Waals surface area contributed by atoms with Crippen LogP contribution >= 0.6 is 15.6 Å². The standard InChI is InChI=1S/C25H29F3N4O2.2H3O4P/c26-25(27,28)21-8-4-9-22(16-21)31-14-12-29(13-15-31)10-5-11-30-18-23(33)32(24(34)19-30)17-20-6-2-1-3-7-20;2*1-5(2,3)4/h1-4,6-9,16H,5,10-15,17-19H2;2*(H3,1,2,3,4). The molecule has 0 unspecified atom stereocenters. The number of hydrogen-bond acceptors (Lipinski definition) is 7. The highest BCUT2D eigenvalue weighted by molar-refractivity contribution is 7.45. The topological polar surface area (TPSA) is 203 Å². The van der Waals surface area contributed by atoms with Crippen LogP contribution in [0, 0.1) is 0 Å². The quantitative estimate of drug-likeness (QED) is 0.182. The number of alkyl halides is 3. The summed E-state index contributed by atoms with van der Waals surface area (Å²) in [6.45, 7) is 5.12. The van der Waals surface area contributed by atoms with Gasteiger partial charge in [-0.2, -0.15) is 13.2 Å². The van der Waals surface area contributed by atoms with E-state index in [1.807, 2.05) is 40.1 Å². The maximum Gasteiger partial charge on any atom is 0.466 e. The van der Waals surface area contributed by atoms with Gasteiger partial charge < -0.3 is 34.3 Å². The van der Waals surface area contributed by atoms with Gasteiger partial charge >= 0.3 is 21.8 Å². The second-order valence-corrected chi connectivity index (χ2v) is 11.9. The van der Waals surface area contributed by atoms with Gasteiger partial charge in [-0.1, -0.05) is 36.4 Å². The Labute approximate surface area is 251 Å². The largest absolute Gasteiger partial charge is 0.466 e. The van der Waals surface area contributed by atoms with Gasteiger partial charge in [-0.3, -0.25) is 24.3 Å². The first kappa shape index (κ1) is 37.5. The summed E-state index contributed by atoms with van der Waals surface area (Å²) in [4.78, 5) is 75.6. The number of anilines is 1. The van der Waals surface area contributed by atoms with Gasteiger partial charge in [-0.05, 0) is 36.7 Å². The Bertz CT molecular complexity index is 1260. The Balaban J connectivity index is 0.000000586. The fourth-order valence-electron chi connectivity index (χ4n) is 4.48. The summed E-state index contributed by atoms with van der Waals surface area (Å²) in [5, 5.41) is 0. The maximum absolute atomic E-state index is 13.0. The molecule has 0 radical (unpaired) electrons. The van der Waals surface area contributed by atoms with Gasteiger partial charge in [0.1, 0.15) is 0 Å². The van der Waals surface area contributed by atoms with Crippen molar-refractivity contribution in [2.24, 2.45) is 0 Å². The summed E-state index contributed by atoms with van der Waals surface area (Å²) in [6, 6.07) is 15.0. The molecule has 0 spiro atoms. The molecule has 44 heavy (non-hydrogen) atoms. The van der Waals surface area contributed by atoms with Crippen LogP contribution < -0.4 is 4.90 Å². The van der Waals surface area contributed by atoms with Crippen molar-refractivity contribution in [3.05, 3.63) is 65.7 Å². The van der Waals surface area contributed by atoms with E-state index in [9.17, 15) is 22.8 Å². The van der Waals surface area contributed by atoms with Gasteiger partial charge in [0, 0.05) is 38.4 Å². The average molecular weight is 671 g/mol. The number of amides is 2. The van der Waals surface area contributed by atoms with Gasteiger partial charge in [0.15, 0.2) is 0 Å². The second-order valence-electron chi connectivity index (χ2n) is 9.83. The van der Waals surface area contributed by atoms with E-state index in [1.165, 1.54) is 17.0 Å². The molecule has 0 aliphatic carbocycles. The SMILES string of the molecule is O=C1CN(CCCN2CCN(c3cccc(C(F)(F)F)c3)CC2)CC(=O)N1Cc1ccccc1.O=P(O)(O)O.O=P(O)(O)O. The molecule has 6 N–H and O–H groups in total. The van der Waals surface area contributed by atoms with E-state index in [4.69, 9.17) is 38.5 Å². The lowest BCUT2D eigenvalue weighted by molar-refractivity contribution is -0.152. The second kappa shape index (κ2) is 16.6. The van der Waals surface area contributed by atoms with Crippen LogP contribution in [0.2, 0.25) is 0 Å². The summed E-state index contributed by atoms with van der Waals surface area (Å²) in [7, 11) is -9.28. The molecular formula is C25H35F3N4O10P2. The number of phosphoric acid groups is 2. The fraction of sp³-hybridized carbons (Fsp3) is 0.440. The van der Waals surface area contributed by atoms with Crippen molar-refractivity contribution >= 4 is 33.1 Å². The van der Waals surface area contributed by atoms with Crippen LogP contribution in [-0.2, 0) is 31.4 Å². The molecule has 2 heterocycles. The van der Waals surface area contributed by atoms with Gasteiger partial charge in [-0.15, -0.1) is 0 Å². The lowest BCUT2D eigenvalue weighted by Crippen LogP contribution is -2.54. The molecule has 2 saturated heterocycles. The molecule has 2 aliphatic heterocycles. The third-order valence-electron chi connectivity index (χ3n) is 6.36. The van der Waals surface area contributed by atoms with Crippen molar-refractivity contribution < 1.29 is 61.3 Å². The van der Waals surface area contributed by atoms with Crippen molar-refractivity contribution in [2.45, 2.75) is 19.1 Å². The summed E-state index contributed by atoms with van der Waals surface area (Å²) < 4.78 is 56.7. The van der Waals surface area contributed by atoms with E-state index in [-0.39, 0.29) is 24.9 Å². The van der Waals surface area contributed by atoms with Gasteiger partial charge in [0.25, 0.3) is 0 Å². The predicted octanol–water partition coefficient (Wildman–Crippen LogP) is 1.23. The highest BCUT2D eigenvalue weighted by atomic mass is 31.2. The Morgan fingerprint density at radius 2 is 1.20 bits per heavy atom. The highest BCUT2D eigenvalue weighted by Gasteiger charge is 2.32. The van der Waals surface area contributed by atoms with Crippen LogP contribution in [0.3, 0.4) is 0 Å². The van der Waals surface area contributed by atoms with Crippen LogP contribution in [0.1, 0.15) is 17.5 Å². The summed E-state index contributed by atoms with van der Waals surface area (Å²) in [6.07, 6.45) is -3.52. The number of rotatable bonds is 7. The third kappa shape index (κ3) is 15.3. The monoisotopic (exact) mass is 670 g/mol. The molecule has 0 bridgehead atoms. The molecule has 0 atom stereocenters. The number of hydrogen-bond donors (Lipinski definition) is 6. The number of imide groups is 1. The summed E-state index contributed by atoms with van der Waals surface area (Å²) >= 11 is 0. The van der Waals surface area contributed by atoms with Crippen LogP contribution in [0.15, 0.2) is 54.6 Å². The molecule has 2 amide bonds. The zero-order valence-electron chi connectivity index (χ0n) is 23.4. The number of halogens is 3. The van der Waals surface area contributed by atoms with Gasteiger partial charge in [0.2, 0.25) is 11.8 Å².